The molecule has 0 unspecified atom stereocenters. The standard InChI is InChI=1S/C23H26ClN7O2/c1-16-8-3-4-11-19(16)26-21(33)23(12-5-2-6-13-23)31(18-10-7-9-17(24)14-18)20(32)15-30-22(25)27-28-29-30/h3-4,7-11,14H,2,5-6,12-13,15H2,1H3,(H,26,33)(H2,25,27,29). The van der Waals surface area contributed by atoms with Crippen LogP contribution in [-0.4, -0.2) is 37.6 Å². The van der Waals surface area contributed by atoms with Crippen LogP contribution in [0.25, 0.3) is 0 Å². The van der Waals surface area contributed by atoms with Crippen molar-refractivity contribution >= 4 is 40.7 Å². The van der Waals surface area contributed by atoms with Gasteiger partial charge in [0.1, 0.15) is 12.1 Å². The van der Waals surface area contributed by atoms with E-state index in [9.17, 15) is 9.59 Å². The number of aromatic nitrogens is 4. The van der Waals surface area contributed by atoms with Crippen LogP contribution in [0.4, 0.5) is 17.3 Å². The van der Waals surface area contributed by atoms with Crippen molar-refractivity contribution in [3.05, 3.63) is 59.1 Å². The molecule has 0 aliphatic heterocycles. The SMILES string of the molecule is Cc1ccccc1NC(=O)C1(N(C(=O)Cn2nnnc2N)c2cccc(Cl)c2)CCCCC1. The molecule has 172 valence electrons. The van der Waals surface area contributed by atoms with E-state index in [1.54, 1.807) is 29.2 Å². The van der Waals surface area contributed by atoms with Gasteiger partial charge in [0, 0.05) is 16.4 Å². The second-order valence-corrected chi connectivity index (χ2v) is 8.70. The number of carbonyl (C=O) groups is 2. The zero-order valence-corrected chi connectivity index (χ0v) is 19.1. The summed E-state index contributed by atoms with van der Waals surface area (Å²) in [4.78, 5) is 29.2. The maximum Gasteiger partial charge on any atom is 0.250 e. The van der Waals surface area contributed by atoms with E-state index in [0.717, 1.165) is 30.5 Å². The Hall–Kier alpha value is -3.46. The Balaban J connectivity index is 1.78. The lowest BCUT2D eigenvalue weighted by molar-refractivity contribution is -0.128. The molecule has 0 saturated heterocycles. The van der Waals surface area contributed by atoms with E-state index in [1.165, 1.54) is 4.68 Å². The minimum Gasteiger partial charge on any atom is -0.367 e. The van der Waals surface area contributed by atoms with Crippen molar-refractivity contribution < 1.29 is 9.59 Å². The van der Waals surface area contributed by atoms with Crippen molar-refractivity contribution in [2.24, 2.45) is 0 Å². The smallest absolute Gasteiger partial charge is 0.250 e. The lowest BCUT2D eigenvalue weighted by Gasteiger charge is -2.45. The number of hydrogen-bond donors (Lipinski definition) is 2. The summed E-state index contributed by atoms with van der Waals surface area (Å²) in [5.41, 5.74) is 6.91. The fourth-order valence-electron chi connectivity index (χ4n) is 4.41. The number of halogens is 1. The molecule has 10 heteroatoms. The summed E-state index contributed by atoms with van der Waals surface area (Å²) in [6, 6.07) is 14.5. The van der Waals surface area contributed by atoms with Gasteiger partial charge < -0.3 is 11.1 Å². The number of rotatable bonds is 6. The molecule has 1 saturated carbocycles. The van der Waals surface area contributed by atoms with Crippen LogP contribution < -0.4 is 16.0 Å². The van der Waals surface area contributed by atoms with Gasteiger partial charge >= 0.3 is 0 Å². The lowest BCUT2D eigenvalue weighted by atomic mass is 9.78. The van der Waals surface area contributed by atoms with Crippen LogP contribution in [0.1, 0.15) is 37.7 Å². The van der Waals surface area contributed by atoms with Crippen molar-refractivity contribution in [1.82, 2.24) is 20.2 Å². The topological polar surface area (TPSA) is 119 Å². The van der Waals surface area contributed by atoms with Gasteiger partial charge in [-0.25, -0.2) is 4.68 Å². The summed E-state index contributed by atoms with van der Waals surface area (Å²) < 4.78 is 1.22. The molecule has 1 aliphatic carbocycles. The number of amides is 2. The first-order valence-electron chi connectivity index (χ1n) is 10.9. The molecule has 1 aliphatic rings. The molecule has 33 heavy (non-hydrogen) atoms. The van der Waals surface area contributed by atoms with Gasteiger partial charge in [-0.1, -0.05) is 60.2 Å². The zero-order valence-electron chi connectivity index (χ0n) is 18.4. The minimum atomic E-state index is -1.09. The van der Waals surface area contributed by atoms with Crippen molar-refractivity contribution in [2.75, 3.05) is 16.0 Å². The molecular weight excluding hydrogens is 442 g/mol. The Labute approximate surface area is 196 Å². The fourth-order valence-corrected chi connectivity index (χ4v) is 4.59. The molecule has 0 bridgehead atoms. The Kier molecular flexibility index (Phi) is 6.60. The number of carbonyl (C=O) groups excluding carboxylic acids is 2. The van der Waals surface area contributed by atoms with Gasteiger partial charge in [-0.3, -0.25) is 14.5 Å². The molecule has 1 fully saturated rings. The molecule has 0 atom stereocenters. The zero-order chi connectivity index (χ0) is 23.4. The summed E-state index contributed by atoms with van der Waals surface area (Å²) in [7, 11) is 0. The average molecular weight is 468 g/mol. The highest BCUT2D eigenvalue weighted by Gasteiger charge is 2.48. The lowest BCUT2D eigenvalue weighted by Crippen LogP contribution is -2.61. The van der Waals surface area contributed by atoms with Crippen LogP contribution in [0.3, 0.4) is 0 Å². The number of tetrazole rings is 1. The molecular formula is C23H26ClN7O2. The highest BCUT2D eigenvalue weighted by atomic mass is 35.5. The second kappa shape index (κ2) is 9.58. The van der Waals surface area contributed by atoms with E-state index in [4.69, 9.17) is 17.3 Å². The van der Waals surface area contributed by atoms with E-state index in [0.29, 0.717) is 23.6 Å². The number of hydrogen-bond acceptors (Lipinski definition) is 6. The van der Waals surface area contributed by atoms with Gasteiger partial charge in [0.25, 0.3) is 5.91 Å². The molecule has 3 N–H and O–H groups in total. The van der Waals surface area contributed by atoms with E-state index in [1.807, 2.05) is 31.2 Å². The number of benzene rings is 2. The van der Waals surface area contributed by atoms with E-state index in [2.05, 4.69) is 20.8 Å². The van der Waals surface area contributed by atoms with Gasteiger partial charge in [0.15, 0.2) is 0 Å². The van der Waals surface area contributed by atoms with Gasteiger partial charge in [-0.2, -0.15) is 0 Å². The van der Waals surface area contributed by atoms with Crippen molar-refractivity contribution in [3.8, 4) is 0 Å². The van der Waals surface area contributed by atoms with Crippen LogP contribution in [0.15, 0.2) is 48.5 Å². The van der Waals surface area contributed by atoms with Gasteiger partial charge in [0.2, 0.25) is 11.9 Å². The van der Waals surface area contributed by atoms with E-state index in [-0.39, 0.29) is 24.3 Å². The first-order valence-corrected chi connectivity index (χ1v) is 11.3. The molecule has 1 heterocycles. The normalized spacial score (nSPS) is 15.1. The highest BCUT2D eigenvalue weighted by molar-refractivity contribution is 6.31. The van der Waals surface area contributed by atoms with Gasteiger partial charge in [-0.15, -0.1) is 0 Å². The quantitative estimate of drug-likeness (QED) is 0.571. The molecule has 0 spiro atoms. The number of nitrogens with two attached hydrogens (primary N) is 1. The number of nitrogens with zero attached hydrogens (tertiary/aromatic N) is 5. The van der Waals surface area contributed by atoms with Crippen LogP contribution in [0, 0.1) is 6.92 Å². The van der Waals surface area contributed by atoms with Gasteiger partial charge in [-0.05, 0) is 60.0 Å². The van der Waals surface area contributed by atoms with Crippen LogP contribution >= 0.6 is 11.6 Å². The summed E-state index contributed by atoms with van der Waals surface area (Å²) in [6.07, 6.45) is 3.68. The summed E-state index contributed by atoms with van der Waals surface area (Å²) >= 11 is 6.28. The van der Waals surface area contributed by atoms with Crippen LogP contribution in [0.2, 0.25) is 5.02 Å². The third-order valence-corrected chi connectivity index (χ3v) is 6.32. The average Bonchev–Trinajstić information content (AvgIpc) is 3.20. The molecule has 2 aromatic carbocycles. The van der Waals surface area contributed by atoms with Crippen molar-refractivity contribution in [2.45, 2.75) is 51.1 Å². The summed E-state index contributed by atoms with van der Waals surface area (Å²) in [6.45, 7) is 1.73. The predicted octanol–water partition coefficient (Wildman–Crippen LogP) is 3.59. The Morgan fingerprint density at radius 2 is 1.91 bits per heavy atom. The third-order valence-electron chi connectivity index (χ3n) is 6.09. The molecule has 4 rings (SSSR count). The fraction of sp³-hybridized carbons (Fsp3) is 0.348. The summed E-state index contributed by atoms with van der Waals surface area (Å²) in [5.74, 6) is -0.552. The number of aryl methyl sites for hydroxylation is 1. The number of para-hydroxylation sites is 1. The monoisotopic (exact) mass is 467 g/mol. The Morgan fingerprint density at radius 1 is 1.15 bits per heavy atom. The highest BCUT2D eigenvalue weighted by Crippen LogP contribution is 2.39. The predicted molar refractivity (Wildman–Crippen MR) is 127 cm³/mol. The Morgan fingerprint density at radius 3 is 2.58 bits per heavy atom. The van der Waals surface area contributed by atoms with Gasteiger partial charge in [0.05, 0.1) is 0 Å². The first kappa shape index (κ1) is 22.7. The Bertz CT molecular complexity index is 1160. The summed E-state index contributed by atoms with van der Waals surface area (Å²) in [5, 5.41) is 14.5. The van der Waals surface area contributed by atoms with E-state index >= 15 is 0 Å². The minimum absolute atomic E-state index is 0.0245. The number of anilines is 3. The second-order valence-electron chi connectivity index (χ2n) is 8.27. The maximum atomic E-state index is 13.9. The van der Waals surface area contributed by atoms with E-state index < -0.39 is 5.54 Å². The molecule has 9 nitrogen and oxygen atoms in total. The molecule has 1 aromatic heterocycles. The van der Waals surface area contributed by atoms with Crippen LogP contribution in [-0.2, 0) is 16.1 Å². The first-order chi connectivity index (χ1) is 15.9. The number of nitrogen functional groups attached to an aromatic ring is 1. The maximum absolute atomic E-state index is 13.9. The van der Waals surface area contributed by atoms with Crippen molar-refractivity contribution in [3.63, 3.8) is 0 Å². The number of nitrogens with one attached hydrogen (secondary N) is 1. The molecule has 0 radical (unpaired) electrons. The molecule has 3 aromatic rings. The van der Waals surface area contributed by atoms with Crippen molar-refractivity contribution in [1.29, 1.82) is 0 Å². The largest absolute Gasteiger partial charge is 0.367 e. The van der Waals surface area contributed by atoms with Crippen LogP contribution in [0.5, 0.6) is 0 Å². The third kappa shape index (κ3) is 4.68. The molecule has 2 amide bonds.